The molecule has 1 heterocycles. The smallest absolute Gasteiger partial charge is 0.428 e. The maximum absolute atomic E-state index is 14.0. The molecule has 27 heavy (non-hydrogen) atoms. The number of carboxylic acid groups (broad SMARTS) is 1. The van der Waals surface area contributed by atoms with Gasteiger partial charge in [-0.05, 0) is 24.3 Å². The summed E-state index contributed by atoms with van der Waals surface area (Å²) >= 11 is 0. The van der Waals surface area contributed by atoms with E-state index in [4.69, 9.17) is 5.11 Å². The minimum absolute atomic E-state index is 0.397. The first kappa shape index (κ1) is 20.8. The van der Waals surface area contributed by atoms with Crippen LogP contribution in [0.5, 0.6) is 0 Å². The van der Waals surface area contributed by atoms with Crippen LogP contribution in [0.2, 0.25) is 0 Å². The number of anilines is 1. The largest absolute Gasteiger partial charge is 0.478 e. The van der Waals surface area contributed by atoms with Crippen molar-refractivity contribution in [2.24, 2.45) is 0 Å². The summed E-state index contributed by atoms with van der Waals surface area (Å²) in [5.74, 6) is -30.5. The van der Waals surface area contributed by atoms with Crippen LogP contribution in [0.4, 0.5) is 45.2 Å². The molecule has 1 aliphatic rings. The summed E-state index contributed by atoms with van der Waals surface area (Å²) in [7, 11) is 0. The minimum atomic E-state index is -6.78. The van der Waals surface area contributed by atoms with E-state index in [9.17, 15) is 49.1 Å². The Hall–Kier alpha value is -2.51. The van der Waals surface area contributed by atoms with E-state index < -0.39 is 52.9 Å². The van der Waals surface area contributed by atoms with Crippen molar-refractivity contribution in [3.05, 3.63) is 29.8 Å². The fourth-order valence-corrected chi connectivity index (χ4v) is 2.00. The summed E-state index contributed by atoms with van der Waals surface area (Å²) < 4.78 is 122. The van der Waals surface area contributed by atoms with Crippen molar-refractivity contribution in [2.75, 3.05) is 5.32 Å². The van der Waals surface area contributed by atoms with E-state index in [0.29, 0.717) is 12.1 Å². The lowest BCUT2D eigenvalue weighted by atomic mass is 9.99. The highest BCUT2D eigenvalue weighted by atomic mass is 19.4. The van der Waals surface area contributed by atoms with Gasteiger partial charge in [-0.1, -0.05) is 0 Å². The molecule has 1 aromatic rings. The molecule has 1 aromatic carbocycles. The zero-order valence-corrected chi connectivity index (χ0v) is 12.4. The van der Waals surface area contributed by atoms with Crippen molar-refractivity contribution in [2.45, 2.75) is 29.7 Å². The average molecular weight is 411 g/mol. The van der Waals surface area contributed by atoms with Crippen molar-refractivity contribution in [3.63, 3.8) is 0 Å². The van der Waals surface area contributed by atoms with Crippen molar-refractivity contribution >= 4 is 17.6 Å². The third-order valence-corrected chi connectivity index (χ3v) is 3.51. The first-order chi connectivity index (χ1) is 12.0. The van der Waals surface area contributed by atoms with Crippen LogP contribution in [0.25, 0.3) is 0 Å². The molecule has 0 aromatic heterocycles. The van der Waals surface area contributed by atoms with Crippen LogP contribution in [0.15, 0.2) is 24.3 Å². The van der Waals surface area contributed by atoms with Crippen molar-refractivity contribution in [1.82, 2.24) is 0 Å². The summed E-state index contributed by atoms with van der Waals surface area (Å²) in [6, 6.07) is 2.84. The van der Waals surface area contributed by atoms with Crippen LogP contribution in [-0.4, -0.2) is 46.7 Å². The summed E-state index contributed by atoms with van der Waals surface area (Å²) in [5.41, 5.74) is -1.10. The number of amides is 1. The highest BCUT2D eigenvalue weighted by Gasteiger charge is 2.96. The molecule has 1 saturated heterocycles. The molecule has 1 unspecified atom stereocenters. The average Bonchev–Trinajstić information content (AvgIpc) is 2.63. The molecule has 1 aliphatic heterocycles. The lowest BCUT2D eigenvalue weighted by Crippen LogP contribution is -2.63. The summed E-state index contributed by atoms with van der Waals surface area (Å²) in [5, 5.41) is 9.74. The zero-order chi connectivity index (χ0) is 21.1. The van der Waals surface area contributed by atoms with Crippen LogP contribution < -0.4 is 5.32 Å². The number of ether oxygens (including phenoxy) is 1. The lowest BCUT2D eigenvalue weighted by molar-refractivity contribution is -0.366. The Labute approximate surface area is 142 Å². The topological polar surface area (TPSA) is 75.6 Å². The standard InChI is InChI=1S/C13H6F9NO4/c14-9(15,8(26)23-6-3-1-5(2-4-6)7(24)25)12(20)10(16,17)11(18,19)13(21,22)27-12/h1-4H,(H,23,26)(H,24,25). The first-order valence-electron chi connectivity index (χ1n) is 6.56. The summed E-state index contributed by atoms with van der Waals surface area (Å²) in [6.07, 6.45) is -6.34. The molecule has 5 nitrogen and oxygen atoms in total. The van der Waals surface area contributed by atoms with Gasteiger partial charge in [0.1, 0.15) is 0 Å². The van der Waals surface area contributed by atoms with Gasteiger partial charge in [0.2, 0.25) is 0 Å². The Bertz CT molecular complexity index is 780. The van der Waals surface area contributed by atoms with Crippen LogP contribution in [0.1, 0.15) is 10.4 Å². The number of alkyl halides is 9. The number of aromatic carboxylic acids is 1. The molecule has 1 fully saturated rings. The predicted octanol–water partition coefficient (Wildman–Crippen LogP) is 3.52. The third kappa shape index (κ3) is 2.69. The fraction of sp³-hybridized carbons (Fsp3) is 0.385. The number of halogens is 9. The van der Waals surface area contributed by atoms with Gasteiger partial charge in [-0.2, -0.15) is 39.5 Å². The molecule has 0 aliphatic carbocycles. The molecule has 2 rings (SSSR count). The molecule has 0 bridgehead atoms. The van der Waals surface area contributed by atoms with E-state index in [-0.39, 0.29) is 0 Å². The predicted molar refractivity (Wildman–Crippen MR) is 66.7 cm³/mol. The number of rotatable bonds is 4. The van der Waals surface area contributed by atoms with E-state index in [2.05, 4.69) is 4.74 Å². The summed E-state index contributed by atoms with van der Waals surface area (Å²) in [6.45, 7) is 0. The maximum atomic E-state index is 14.0. The van der Waals surface area contributed by atoms with Crippen molar-refractivity contribution < 1.29 is 58.9 Å². The second-order valence-electron chi connectivity index (χ2n) is 5.27. The van der Waals surface area contributed by atoms with Gasteiger partial charge in [0.05, 0.1) is 5.56 Å². The number of nitrogens with one attached hydrogen (secondary N) is 1. The van der Waals surface area contributed by atoms with E-state index in [1.54, 1.807) is 0 Å². The van der Waals surface area contributed by atoms with E-state index in [1.165, 1.54) is 0 Å². The molecular weight excluding hydrogens is 405 g/mol. The van der Waals surface area contributed by atoms with Crippen LogP contribution in [0.3, 0.4) is 0 Å². The van der Waals surface area contributed by atoms with Crippen molar-refractivity contribution in [1.29, 1.82) is 0 Å². The molecule has 14 heteroatoms. The molecular formula is C13H6F9NO4. The maximum Gasteiger partial charge on any atom is 0.428 e. The van der Waals surface area contributed by atoms with Gasteiger partial charge in [0.25, 0.3) is 0 Å². The Morgan fingerprint density at radius 1 is 0.926 bits per heavy atom. The SMILES string of the molecule is O=C(O)c1ccc(NC(=O)C(F)(F)C2(F)OC(F)(F)C(F)(F)C2(F)F)cc1. The van der Waals surface area contributed by atoms with E-state index in [1.807, 2.05) is 0 Å². The number of hydrogen-bond acceptors (Lipinski definition) is 3. The molecule has 1 atom stereocenters. The second kappa shape index (κ2) is 5.74. The van der Waals surface area contributed by atoms with Crippen molar-refractivity contribution in [3.8, 4) is 0 Å². The quantitative estimate of drug-likeness (QED) is 0.744. The molecule has 0 spiro atoms. The van der Waals surface area contributed by atoms with Gasteiger partial charge in [0, 0.05) is 5.69 Å². The molecule has 1 amide bonds. The first-order valence-corrected chi connectivity index (χ1v) is 6.56. The Morgan fingerprint density at radius 2 is 1.41 bits per heavy atom. The van der Waals surface area contributed by atoms with E-state index in [0.717, 1.165) is 17.4 Å². The van der Waals surface area contributed by atoms with Crippen LogP contribution in [-0.2, 0) is 9.53 Å². The molecule has 0 saturated carbocycles. The van der Waals surface area contributed by atoms with Crippen LogP contribution in [0, 0.1) is 0 Å². The highest BCUT2D eigenvalue weighted by Crippen LogP contribution is 2.64. The monoisotopic (exact) mass is 411 g/mol. The molecule has 2 N–H and O–H groups in total. The minimum Gasteiger partial charge on any atom is -0.478 e. The Balaban J connectivity index is 2.36. The van der Waals surface area contributed by atoms with E-state index >= 15 is 0 Å². The number of benzene rings is 1. The normalized spacial score (nSPS) is 25.8. The van der Waals surface area contributed by atoms with Gasteiger partial charge in [0.15, 0.2) is 0 Å². The third-order valence-electron chi connectivity index (χ3n) is 3.51. The highest BCUT2D eigenvalue weighted by molar-refractivity contribution is 5.97. The van der Waals surface area contributed by atoms with Gasteiger partial charge < -0.3 is 10.4 Å². The number of hydrogen-bond donors (Lipinski definition) is 2. The number of carbonyl (C=O) groups excluding carboxylic acids is 1. The second-order valence-corrected chi connectivity index (χ2v) is 5.27. The lowest BCUT2D eigenvalue weighted by Gasteiger charge is -2.31. The van der Waals surface area contributed by atoms with Gasteiger partial charge >= 0.3 is 41.6 Å². The fourth-order valence-electron chi connectivity index (χ4n) is 2.00. The summed E-state index contributed by atoms with van der Waals surface area (Å²) in [4.78, 5) is 22.0. The number of carboxylic acids is 1. The van der Waals surface area contributed by atoms with Gasteiger partial charge in [-0.25, -0.2) is 4.79 Å². The molecule has 0 radical (unpaired) electrons. The van der Waals surface area contributed by atoms with Gasteiger partial charge in [-0.15, -0.1) is 0 Å². The molecule has 150 valence electrons. The van der Waals surface area contributed by atoms with Crippen LogP contribution >= 0.6 is 0 Å². The zero-order valence-electron chi connectivity index (χ0n) is 12.4. The Morgan fingerprint density at radius 3 is 1.78 bits per heavy atom. The number of carbonyl (C=O) groups is 2. The van der Waals surface area contributed by atoms with Gasteiger partial charge in [-0.3, -0.25) is 9.53 Å². The Kier molecular flexibility index (Phi) is 4.42.